The summed E-state index contributed by atoms with van der Waals surface area (Å²) in [5, 5.41) is 11.5. The molecule has 132 valence electrons. The van der Waals surface area contributed by atoms with Crippen molar-refractivity contribution in [1.82, 2.24) is 9.88 Å². The van der Waals surface area contributed by atoms with Crippen molar-refractivity contribution in [2.75, 3.05) is 13.2 Å². The Bertz CT molecular complexity index is 733. The number of fused-ring (bicyclic) bond motifs is 2. The van der Waals surface area contributed by atoms with Crippen molar-refractivity contribution in [3.05, 3.63) is 65.0 Å². The van der Waals surface area contributed by atoms with Crippen LogP contribution in [0.2, 0.25) is 0 Å². The highest BCUT2D eigenvalue weighted by Crippen LogP contribution is 2.42. The first-order valence-corrected chi connectivity index (χ1v) is 9.10. The molecule has 1 N–H and O–H groups in total. The fourth-order valence-corrected chi connectivity index (χ4v) is 4.50. The van der Waals surface area contributed by atoms with Crippen LogP contribution in [0.1, 0.15) is 35.4 Å². The Hall–Kier alpha value is -1.75. The third-order valence-corrected chi connectivity index (χ3v) is 5.64. The number of benzene rings is 1. The maximum Gasteiger partial charge on any atom is 0.0945 e. The molecule has 2 atom stereocenters. The van der Waals surface area contributed by atoms with Crippen LogP contribution in [-0.2, 0) is 16.9 Å². The number of rotatable bonds is 3. The Kier molecular flexibility index (Phi) is 4.36. The molecule has 2 saturated heterocycles. The van der Waals surface area contributed by atoms with Gasteiger partial charge in [0.1, 0.15) is 0 Å². The largest absolute Gasteiger partial charge is 0.385 e. The summed E-state index contributed by atoms with van der Waals surface area (Å²) in [5.74, 6) is 0. The number of nitrogens with zero attached hydrogens (tertiary/aromatic N) is 2. The molecule has 1 aromatic heterocycles. The number of hydrogen-bond donors (Lipinski definition) is 1. The van der Waals surface area contributed by atoms with E-state index in [1.807, 2.05) is 19.9 Å². The van der Waals surface area contributed by atoms with E-state index < -0.39 is 5.60 Å². The van der Waals surface area contributed by atoms with Crippen molar-refractivity contribution >= 4 is 0 Å². The summed E-state index contributed by atoms with van der Waals surface area (Å²) in [7, 11) is 0. The molecule has 2 bridgehead atoms. The second-order valence-corrected chi connectivity index (χ2v) is 7.53. The molecule has 0 amide bonds. The normalized spacial score (nSPS) is 29.6. The number of morpholine rings is 1. The summed E-state index contributed by atoms with van der Waals surface area (Å²) in [6.45, 7) is 6.28. The number of hydrogen-bond acceptors (Lipinski definition) is 4. The monoisotopic (exact) mass is 338 g/mol. The zero-order valence-corrected chi connectivity index (χ0v) is 15.0. The van der Waals surface area contributed by atoms with Gasteiger partial charge in [-0.2, -0.15) is 0 Å². The molecule has 4 rings (SSSR count). The van der Waals surface area contributed by atoms with Crippen molar-refractivity contribution in [2.24, 2.45) is 0 Å². The Morgan fingerprint density at radius 1 is 1.08 bits per heavy atom. The fraction of sp³-hybridized carbons (Fsp3) is 0.476. The van der Waals surface area contributed by atoms with Gasteiger partial charge in [0.2, 0.25) is 0 Å². The summed E-state index contributed by atoms with van der Waals surface area (Å²) in [6, 6.07) is 15.1. The number of pyridine rings is 1. The first-order chi connectivity index (χ1) is 12.0. The molecule has 0 radical (unpaired) electrons. The molecule has 2 unspecified atom stereocenters. The summed E-state index contributed by atoms with van der Waals surface area (Å²) in [6.07, 6.45) is 1.39. The van der Waals surface area contributed by atoms with E-state index in [9.17, 15) is 5.11 Å². The Morgan fingerprint density at radius 2 is 1.76 bits per heavy atom. The highest BCUT2D eigenvalue weighted by atomic mass is 16.5. The highest BCUT2D eigenvalue weighted by Gasteiger charge is 2.47. The van der Waals surface area contributed by atoms with Crippen molar-refractivity contribution in [3.63, 3.8) is 0 Å². The SMILES string of the molecule is Cc1ccc(C2(O)CC3COCC(C2)N3Cc2ccccc2)c(C)n1. The van der Waals surface area contributed by atoms with Gasteiger partial charge >= 0.3 is 0 Å². The summed E-state index contributed by atoms with van der Waals surface area (Å²) in [5.41, 5.74) is 3.43. The van der Waals surface area contributed by atoms with Gasteiger partial charge in [-0.3, -0.25) is 9.88 Å². The lowest BCUT2D eigenvalue weighted by Crippen LogP contribution is -2.60. The first kappa shape index (κ1) is 16.7. The predicted molar refractivity (Wildman–Crippen MR) is 97.2 cm³/mol. The van der Waals surface area contributed by atoms with E-state index >= 15 is 0 Å². The standard InChI is InChI=1S/C21H26N2O2/c1-15-8-9-20(16(2)22-15)21(24)10-18-13-25-14-19(11-21)23(18)12-17-6-4-3-5-7-17/h3-9,18-19,24H,10-14H2,1-2H3. The quantitative estimate of drug-likeness (QED) is 0.935. The van der Waals surface area contributed by atoms with Crippen molar-refractivity contribution in [2.45, 2.75) is 50.9 Å². The van der Waals surface area contributed by atoms with E-state index in [4.69, 9.17) is 4.74 Å². The topological polar surface area (TPSA) is 45.6 Å². The van der Waals surface area contributed by atoms with Gasteiger partial charge < -0.3 is 9.84 Å². The van der Waals surface area contributed by atoms with Crippen LogP contribution in [0.5, 0.6) is 0 Å². The van der Waals surface area contributed by atoms with Crippen molar-refractivity contribution in [1.29, 1.82) is 0 Å². The lowest BCUT2D eigenvalue weighted by molar-refractivity contribution is -0.149. The minimum absolute atomic E-state index is 0.235. The van der Waals surface area contributed by atoms with E-state index in [0.717, 1.165) is 23.5 Å². The number of ether oxygens (including phenoxy) is 1. The summed E-state index contributed by atoms with van der Waals surface area (Å²) in [4.78, 5) is 7.09. The highest BCUT2D eigenvalue weighted by molar-refractivity contribution is 5.30. The van der Waals surface area contributed by atoms with Crippen LogP contribution in [-0.4, -0.2) is 40.3 Å². The number of aliphatic hydroxyl groups is 1. The van der Waals surface area contributed by atoms with Crippen LogP contribution in [0.3, 0.4) is 0 Å². The first-order valence-electron chi connectivity index (χ1n) is 9.10. The Morgan fingerprint density at radius 3 is 2.40 bits per heavy atom. The lowest BCUT2D eigenvalue weighted by atomic mass is 9.76. The minimum Gasteiger partial charge on any atom is -0.385 e. The van der Waals surface area contributed by atoms with Crippen LogP contribution in [0.25, 0.3) is 0 Å². The maximum absolute atomic E-state index is 11.5. The Labute approximate surface area is 149 Å². The fourth-order valence-electron chi connectivity index (χ4n) is 4.50. The molecule has 25 heavy (non-hydrogen) atoms. The maximum atomic E-state index is 11.5. The smallest absolute Gasteiger partial charge is 0.0945 e. The van der Waals surface area contributed by atoms with E-state index in [2.05, 4.69) is 46.3 Å². The predicted octanol–water partition coefficient (Wildman–Crippen LogP) is 2.95. The molecule has 1 aromatic carbocycles. The molecule has 0 saturated carbocycles. The van der Waals surface area contributed by atoms with Crippen LogP contribution >= 0.6 is 0 Å². The van der Waals surface area contributed by atoms with Gasteiger partial charge in [0.05, 0.1) is 18.8 Å². The average molecular weight is 338 g/mol. The molecule has 4 heteroatoms. The Balaban J connectivity index is 1.60. The molecule has 3 heterocycles. The van der Waals surface area contributed by atoms with E-state index in [-0.39, 0.29) is 12.1 Å². The van der Waals surface area contributed by atoms with E-state index in [1.165, 1.54) is 5.56 Å². The van der Waals surface area contributed by atoms with Gasteiger partial charge in [0.15, 0.2) is 0 Å². The van der Waals surface area contributed by atoms with Crippen LogP contribution < -0.4 is 0 Å². The van der Waals surface area contributed by atoms with Gasteiger partial charge in [0.25, 0.3) is 0 Å². The van der Waals surface area contributed by atoms with Crippen molar-refractivity contribution in [3.8, 4) is 0 Å². The third kappa shape index (κ3) is 3.22. The zero-order chi connectivity index (χ0) is 17.4. The number of aromatic nitrogens is 1. The minimum atomic E-state index is -0.808. The van der Waals surface area contributed by atoms with Crippen LogP contribution in [0, 0.1) is 13.8 Å². The second kappa shape index (κ2) is 6.52. The molecule has 0 aliphatic carbocycles. The molecule has 0 spiro atoms. The average Bonchev–Trinajstić information content (AvgIpc) is 2.57. The van der Waals surface area contributed by atoms with E-state index in [0.29, 0.717) is 26.1 Å². The second-order valence-electron chi connectivity index (χ2n) is 7.53. The van der Waals surface area contributed by atoms with Gasteiger partial charge in [-0.15, -0.1) is 0 Å². The van der Waals surface area contributed by atoms with E-state index in [1.54, 1.807) is 0 Å². The van der Waals surface area contributed by atoms with Crippen LogP contribution in [0.4, 0.5) is 0 Å². The summed E-state index contributed by atoms with van der Waals surface area (Å²) >= 11 is 0. The molecule has 4 nitrogen and oxygen atoms in total. The molecule has 2 aliphatic rings. The molecular formula is C21H26N2O2. The number of piperidine rings is 1. The van der Waals surface area contributed by atoms with Crippen molar-refractivity contribution < 1.29 is 9.84 Å². The summed E-state index contributed by atoms with van der Waals surface area (Å²) < 4.78 is 5.81. The van der Waals surface area contributed by atoms with Crippen LogP contribution in [0.15, 0.2) is 42.5 Å². The zero-order valence-electron chi connectivity index (χ0n) is 15.0. The molecule has 2 aliphatic heterocycles. The van der Waals surface area contributed by atoms with Gasteiger partial charge in [-0.25, -0.2) is 0 Å². The van der Waals surface area contributed by atoms with Gasteiger partial charge in [-0.05, 0) is 38.3 Å². The third-order valence-electron chi connectivity index (χ3n) is 5.64. The van der Waals surface area contributed by atoms with Gasteiger partial charge in [-0.1, -0.05) is 36.4 Å². The van der Waals surface area contributed by atoms with Gasteiger partial charge in [0, 0.05) is 35.6 Å². The number of aryl methyl sites for hydroxylation is 2. The lowest BCUT2D eigenvalue weighted by Gasteiger charge is -2.52. The molecular weight excluding hydrogens is 312 g/mol. The molecule has 2 aromatic rings. The molecule has 2 fully saturated rings.